The standard InChI is InChI=1S/C25H25ClN4O3/c1-3-5-10-15-30-22(29-24(31)16-11-6-7-12-17(16)26)20(25(32)33-4-2)21-23(30)28-19-14-9-8-13-18(19)27-21/h6-9,11-14H,3-5,10,15H2,1-2H3,(H,29,31). The molecule has 0 spiro atoms. The van der Waals surface area contributed by atoms with Crippen molar-refractivity contribution in [1.29, 1.82) is 0 Å². The molecule has 0 atom stereocenters. The Morgan fingerprint density at radius 3 is 2.39 bits per heavy atom. The summed E-state index contributed by atoms with van der Waals surface area (Å²) in [6.07, 6.45) is 2.87. The van der Waals surface area contributed by atoms with Crippen LogP contribution in [0.3, 0.4) is 0 Å². The third-order valence-electron chi connectivity index (χ3n) is 5.37. The average Bonchev–Trinajstić information content (AvgIpc) is 3.10. The van der Waals surface area contributed by atoms with Crippen LogP contribution in [-0.4, -0.2) is 33.0 Å². The number of benzene rings is 2. The van der Waals surface area contributed by atoms with E-state index in [9.17, 15) is 9.59 Å². The highest BCUT2D eigenvalue weighted by atomic mass is 35.5. The number of aromatic nitrogens is 3. The van der Waals surface area contributed by atoms with Gasteiger partial charge in [0.15, 0.2) is 5.65 Å². The first-order valence-corrected chi connectivity index (χ1v) is 11.4. The van der Waals surface area contributed by atoms with Crippen LogP contribution in [0.1, 0.15) is 53.8 Å². The second-order valence-corrected chi connectivity index (χ2v) is 8.03. The fourth-order valence-electron chi connectivity index (χ4n) is 3.78. The van der Waals surface area contributed by atoms with E-state index in [1.54, 1.807) is 31.2 Å². The van der Waals surface area contributed by atoms with E-state index in [1.165, 1.54) is 0 Å². The Labute approximate surface area is 196 Å². The normalized spacial score (nSPS) is 11.1. The molecule has 2 heterocycles. The van der Waals surface area contributed by atoms with Gasteiger partial charge in [-0.2, -0.15) is 0 Å². The van der Waals surface area contributed by atoms with Crippen molar-refractivity contribution in [2.45, 2.75) is 39.7 Å². The average molecular weight is 465 g/mol. The molecule has 4 aromatic rings. The summed E-state index contributed by atoms with van der Waals surface area (Å²) in [5, 5.41) is 3.23. The molecule has 0 aliphatic carbocycles. The van der Waals surface area contributed by atoms with Crippen molar-refractivity contribution in [2.75, 3.05) is 11.9 Å². The van der Waals surface area contributed by atoms with Crippen molar-refractivity contribution in [3.63, 3.8) is 0 Å². The number of halogens is 1. The first-order valence-electron chi connectivity index (χ1n) is 11.1. The maximum atomic E-state index is 13.2. The molecule has 2 aromatic heterocycles. The molecule has 0 fully saturated rings. The van der Waals surface area contributed by atoms with Gasteiger partial charge in [0.2, 0.25) is 0 Å². The Balaban J connectivity index is 1.94. The fraction of sp³-hybridized carbons (Fsp3) is 0.280. The highest BCUT2D eigenvalue weighted by Gasteiger charge is 2.28. The zero-order valence-corrected chi connectivity index (χ0v) is 19.4. The van der Waals surface area contributed by atoms with E-state index in [-0.39, 0.29) is 12.2 Å². The Bertz CT molecular complexity index is 1330. The Hall–Kier alpha value is -3.45. The SMILES string of the molecule is CCCCCn1c(NC(=O)c2ccccc2Cl)c(C(=O)OCC)c2nc3ccccc3nc21. The van der Waals surface area contributed by atoms with Crippen LogP contribution in [0.4, 0.5) is 5.82 Å². The van der Waals surface area contributed by atoms with Crippen molar-refractivity contribution in [1.82, 2.24) is 14.5 Å². The van der Waals surface area contributed by atoms with Crippen molar-refractivity contribution in [3.8, 4) is 0 Å². The first-order chi connectivity index (χ1) is 16.0. The maximum absolute atomic E-state index is 13.2. The highest BCUT2D eigenvalue weighted by molar-refractivity contribution is 6.34. The topological polar surface area (TPSA) is 86.1 Å². The largest absolute Gasteiger partial charge is 0.462 e. The van der Waals surface area contributed by atoms with Crippen molar-refractivity contribution >= 4 is 51.5 Å². The van der Waals surface area contributed by atoms with Gasteiger partial charge < -0.3 is 14.6 Å². The number of hydrogen-bond donors (Lipinski definition) is 1. The molecule has 0 saturated heterocycles. The van der Waals surface area contributed by atoms with Crippen molar-refractivity contribution in [2.24, 2.45) is 0 Å². The molecule has 1 N–H and O–H groups in total. The number of carbonyl (C=O) groups is 2. The summed E-state index contributed by atoms with van der Waals surface area (Å²) in [5.74, 6) is -0.661. The molecule has 0 unspecified atom stereocenters. The maximum Gasteiger partial charge on any atom is 0.344 e. The summed E-state index contributed by atoms with van der Waals surface area (Å²) in [4.78, 5) is 35.7. The molecule has 0 aliphatic rings. The van der Waals surface area contributed by atoms with Crippen LogP contribution in [0.5, 0.6) is 0 Å². The van der Waals surface area contributed by atoms with Crippen LogP contribution >= 0.6 is 11.6 Å². The number of hydrogen-bond acceptors (Lipinski definition) is 5. The number of ether oxygens (including phenoxy) is 1. The number of carbonyl (C=O) groups excluding carboxylic acids is 2. The lowest BCUT2D eigenvalue weighted by molar-refractivity contribution is 0.0529. The summed E-state index contributed by atoms with van der Waals surface area (Å²) in [7, 11) is 0. The zero-order valence-electron chi connectivity index (χ0n) is 18.6. The molecule has 33 heavy (non-hydrogen) atoms. The number of amides is 1. The summed E-state index contributed by atoms with van der Waals surface area (Å²) < 4.78 is 7.19. The summed E-state index contributed by atoms with van der Waals surface area (Å²) in [6.45, 7) is 4.61. The van der Waals surface area contributed by atoms with Crippen LogP contribution in [0, 0.1) is 0 Å². The van der Waals surface area contributed by atoms with Gasteiger partial charge in [0.1, 0.15) is 16.9 Å². The Morgan fingerprint density at radius 1 is 1.00 bits per heavy atom. The summed E-state index contributed by atoms with van der Waals surface area (Å²) in [5.41, 5.74) is 2.80. The number of nitrogens with zero attached hydrogens (tertiary/aromatic N) is 3. The van der Waals surface area contributed by atoms with Gasteiger partial charge in [-0.3, -0.25) is 4.79 Å². The Morgan fingerprint density at radius 2 is 1.70 bits per heavy atom. The molecular weight excluding hydrogens is 440 g/mol. The molecule has 170 valence electrons. The summed E-state index contributed by atoms with van der Waals surface area (Å²) in [6, 6.07) is 14.2. The Kier molecular flexibility index (Phi) is 6.89. The van der Waals surface area contributed by atoms with Crippen LogP contribution in [0.25, 0.3) is 22.2 Å². The van der Waals surface area contributed by atoms with Crippen LogP contribution in [-0.2, 0) is 11.3 Å². The van der Waals surface area contributed by atoms with Crippen molar-refractivity contribution in [3.05, 3.63) is 64.7 Å². The number of fused-ring (bicyclic) bond motifs is 2. The number of unbranched alkanes of at least 4 members (excludes halogenated alkanes) is 2. The number of para-hydroxylation sites is 2. The van der Waals surface area contributed by atoms with Gasteiger partial charge in [0.25, 0.3) is 5.91 Å². The van der Waals surface area contributed by atoms with Crippen LogP contribution in [0.15, 0.2) is 48.5 Å². The molecule has 0 radical (unpaired) electrons. The van der Waals surface area contributed by atoms with Crippen LogP contribution < -0.4 is 5.32 Å². The number of anilines is 1. The minimum absolute atomic E-state index is 0.195. The molecule has 7 nitrogen and oxygen atoms in total. The monoisotopic (exact) mass is 464 g/mol. The molecule has 4 rings (SSSR count). The van der Waals surface area contributed by atoms with Gasteiger partial charge in [0.05, 0.1) is 28.2 Å². The van der Waals surface area contributed by atoms with Gasteiger partial charge in [0, 0.05) is 6.54 Å². The second kappa shape index (κ2) is 10.0. The second-order valence-electron chi connectivity index (χ2n) is 7.62. The van der Waals surface area contributed by atoms with E-state index in [0.717, 1.165) is 19.3 Å². The lowest BCUT2D eigenvalue weighted by Crippen LogP contribution is -2.19. The van der Waals surface area contributed by atoms with E-state index < -0.39 is 11.9 Å². The lowest BCUT2D eigenvalue weighted by Gasteiger charge is -2.13. The first kappa shape index (κ1) is 22.7. The van der Waals surface area contributed by atoms with E-state index in [2.05, 4.69) is 12.2 Å². The van der Waals surface area contributed by atoms with Gasteiger partial charge in [-0.1, -0.05) is 55.6 Å². The predicted octanol–water partition coefficient (Wildman–Crippen LogP) is 5.86. The third-order valence-corrected chi connectivity index (χ3v) is 5.70. The van der Waals surface area contributed by atoms with E-state index in [0.29, 0.717) is 45.1 Å². The predicted molar refractivity (Wildman–Crippen MR) is 130 cm³/mol. The van der Waals surface area contributed by atoms with Crippen LogP contribution in [0.2, 0.25) is 5.02 Å². The fourth-order valence-corrected chi connectivity index (χ4v) is 4.01. The smallest absolute Gasteiger partial charge is 0.344 e. The van der Waals surface area contributed by atoms with E-state index in [1.807, 2.05) is 28.8 Å². The van der Waals surface area contributed by atoms with Gasteiger partial charge in [-0.05, 0) is 37.6 Å². The number of rotatable bonds is 8. The molecule has 2 aromatic carbocycles. The highest BCUT2D eigenvalue weighted by Crippen LogP contribution is 2.32. The van der Waals surface area contributed by atoms with Gasteiger partial charge >= 0.3 is 5.97 Å². The van der Waals surface area contributed by atoms with Gasteiger partial charge in [-0.15, -0.1) is 0 Å². The third kappa shape index (κ3) is 4.54. The lowest BCUT2D eigenvalue weighted by atomic mass is 10.2. The zero-order chi connectivity index (χ0) is 23.4. The quantitative estimate of drug-likeness (QED) is 0.261. The number of nitrogens with one attached hydrogen (secondary N) is 1. The number of aryl methyl sites for hydroxylation is 1. The van der Waals surface area contributed by atoms with Gasteiger partial charge in [-0.25, -0.2) is 14.8 Å². The number of esters is 1. The minimum atomic E-state index is -0.559. The molecule has 0 aliphatic heterocycles. The molecule has 0 bridgehead atoms. The summed E-state index contributed by atoms with van der Waals surface area (Å²) >= 11 is 6.25. The van der Waals surface area contributed by atoms with E-state index >= 15 is 0 Å². The molecule has 1 amide bonds. The minimum Gasteiger partial charge on any atom is -0.462 e. The van der Waals surface area contributed by atoms with E-state index in [4.69, 9.17) is 26.3 Å². The van der Waals surface area contributed by atoms with Crippen molar-refractivity contribution < 1.29 is 14.3 Å². The molecule has 8 heteroatoms. The molecule has 0 saturated carbocycles. The molecular formula is C25H25ClN4O3.